The Hall–Kier alpha value is -0.940. The third kappa shape index (κ3) is 3.04. The molecule has 0 fully saturated rings. The van der Waals surface area contributed by atoms with E-state index in [1.807, 2.05) is 43.3 Å². The number of rotatable bonds is 2. The van der Waals surface area contributed by atoms with Gasteiger partial charge in [0.15, 0.2) is 0 Å². The van der Waals surface area contributed by atoms with Crippen molar-refractivity contribution in [2.45, 2.75) is 6.92 Å². The lowest BCUT2D eigenvalue weighted by atomic mass is 10.2. The topological polar surface area (TPSA) is 35.2 Å². The monoisotopic (exact) mass is 359 g/mol. The van der Waals surface area contributed by atoms with Gasteiger partial charge in [0.2, 0.25) is 0 Å². The van der Waals surface area contributed by atoms with Crippen LogP contribution in [0.5, 0.6) is 11.5 Å². The van der Waals surface area contributed by atoms with Crippen LogP contribution >= 0.6 is 34.2 Å². The molecule has 0 aliphatic carbocycles. The molecule has 0 aliphatic rings. The first kappa shape index (κ1) is 12.5. The van der Waals surface area contributed by atoms with Gasteiger partial charge >= 0.3 is 0 Å². The molecule has 0 amide bonds. The van der Waals surface area contributed by atoms with E-state index >= 15 is 0 Å². The molecule has 0 aromatic heterocycles. The minimum atomic E-state index is 0.577. The molecule has 88 valence electrons. The molecule has 0 aliphatic heterocycles. The number of hydrogen-bond donors (Lipinski definition) is 1. The lowest BCUT2D eigenvalue weighted by Crippen LogP contribution is -1.93. The third-order valence-corrected chi connectivity index (χ3v) is 3.26. The van der Waals surface area contributed by atoms with Gasteiger partial charge in [0, 0.05) is 3.57 Å². The SMILES string of the molecule is Cc1ccc(Cl)c(Oc2ccc(I)cc2N)c1. The normalized spacial score (nSPS) is 10.3. The summed E-state index contributed by atoms with van der Waals surface area (Å²) in [6.07, 6.45) is 0. The summed E-state index contributed by atoms with van der Waals surface area (Å²) in [5.41, 5.74) is 7.58. The van der Waals surface area contributed by atoms with Gasteiger partial charge in [-0.25, -0.2) is 0 Å². The zero-order chi connectivity index (χ0) is 12.4. The van der Waals surface area contributed by atoms with E-state index < -0.39 is 0 Å². The lowest BCUT2D eigenvalue weighted by Gasteiger charge is -2.10. The van der Waals surface area contributed by atoms with Crippen molar-refractivity contribution in [1.29, 1.82) is 0 Å². The first-order valence-electron chi connectivity index (χ1n) is 5.05. The Morgan fingerprint density at radius 3 is 2.59 bits per heavy atom. The summed E-state index contributed by atoms with van der Waals surface area (Å²) in [7, 11) is 0. The van der Waals surface area contributed by atoms with Gasteiger partial charge in [0.05, 0.1) is 10.7 Å². The quantitative estimate of drug-likeness (QED) is 0.627. The number of halogens is 2. The molecule has 0 atom stereocenters. The molecule has 0 unspecified atom stereocenters. The van der Waals surface area contributed by atoms with Crippen LogP contribution in [0.3, 0.4) is 0 Å². The Morgan fingerprint density at radius 1 is 1.12 bits per heavy atom. The van der Waals surface area contributed by atoms with Crippen LogP contribution in [0.15, 0.2) is 36.4 Å². The minimum absolute atomic E-state index is 0.577. The summed E-state index contributed by atoms with van der Waals surface area (Å²) in [6, 6.07) is 11.3. The summed E-state index contributed by atoms with van der Waals surface area (Å²) >= 11 is 8.27. The molecular weight excluding hydrogens is 349 g/mol. The van der Waals surface area contributed by atoms with E-state index in [1.165, 1.54) is 0 Å². The Labute approximate surface area is 119 Å². The van der Waals surface area contributed by atoms with Crippen molar-refractivity contribution in [2.24, 2.45) is 0 Å². The number of hydrogen-bond acceptors (Lipinski definition) is 2. The van der Waals surface area contributed by atoms with Crippen molar-refractivity contribution in [1.82, 2.24) is 0 Å². The van der Waals surface area contributed by atoms with Crippen LogP contribution < -0.4 is 10.5 Å². The maximum Gasteiger partial charge on any atom is 0.150 e. The second kappa shape index (κ2) is 5.14. The molecular formula is C13H11ClINO. The predicted molar refractivity (Wildman–Crippen MR) is 79.8 cm³/mol. The van der Waals surface area contributed by atoms with Crippen molar-refractivity contribution in [3.05, 3.63) is 50.6 Å². The fraction of sp³-hybridized carbons (Fsp3) is 0.0769. The fourth-order valence-electron chi connectivity index (χ4n) is 1.42. The highest BCUT2D eigenvalue weighted by molar-refractivity contribution is 14.1. The third-order valence-electron chi connectivity index (χ3n) is 2.28. The molecule has 0 saturated carbocycles. The van der Waals surface area contributed by atoms with Gasteiger partial charge < -0.3 is 10.5 Å². The Bertz CT molecular complexity index is 557. The molecule has 0 saturated heterocycles. The Morgan fingerprint density at radius 2 is 1.88 bits per heavy atom. The first-order chi connectivity index (χ1) is 8.06. The van der Waals surface area contributed by atoms with Crippen molar-refractivity contribution in [3.63, 3.8) is 0 Å². The largest absolute Gasteiger partial charge is 0.454 e. The molecule has 4 heteroatoms. The van der Waals surface area contributed by atoms with Gasteiger partial charge in [0.1, 0.15) is 11.5 Å². The van der Waals surface area contributed by atoms with Crippen molar-refractivity contribution < 1.29 is 4.74 Å². The highest BCUT2D eigenvalue weighted by Gasteiger charge is 2.06. The number of aryl methyl sites for hydroxylation is 1. The molecule has 2 rings (SSSR count). The molecule has 17 heavy (non-hydrogen) atoms. The van der Waals surface area contributed by atoms with E-state index in [1.54, 1.807) is 0 Å². The molecule has 2 aromatic rings. The van der Waals surface area contributed by atoms with Crippen LogP contribution in [-0.4, -0.2) is 0 Å². The van der Waals surface area contributed by atoms with E-state index in [0.717, 1.165) is 9.13 Å². The van der Waals surface area contributed by atoms with Crippen LogP contribution in [0, 0.1) is 10.5 Å². The molecule has 0 heterocycles. The molecule has 2 aromatic carbocycles. The van der Waals surface area contributed by atoms with E-state index in [4.69, 9.17) is 22.1 Å². The summed E-state index contributed by atoms with van der Waals surface area (Å²) in [6.45, 7) is 1.99. The van der Waals surface area contributed by atoms with Crippen LogP contribution in [0.25, 0.3) is 0 Å². The summed E-state index contributed by atoms with van der Waals surface area (Å²) < 4.78 is 6.79. The molecule has 0 spiro atoms. The van der Waals surface area contributed by atoms with E-state index in [0.29, 0.717) is 22.2 Å². The molecule has 2 nitrogen and oxygen atoms in total. The van der Waals surface area contributed by atoms with E-state index in [-0.39, 0.29) is 0 Å². The highest BCUT2D eigenvalue weighted by Crippen LogP contribution is 2.33. The smallest absolute Gasteiger partial charge is 0.150 e. The minimum Gasteiger partial charge on any atom is -0.454 e. The average Bonchev–Trinajstić information content (AvgIpc) is 2.27. The Balaban J connectivity index is 2.34. The molecule has 0 radical (unpaired) electrons. The van der Waals surface area contributed by atoms with Gasteiger partial charge in [0.25, 0.3) is 0 Å². The zero-order valence-corrected chi connectivity index (χ0v) is 12.1. The van der Waals surface area contributed by atoms with Gasteiger partial charge in [-0.1, -0.05) is 17.7 Å². The number of nitrogen functional groups attached to an aromatic ring is 1. The number of benzene rings is 2. The first-order valence-corrected chi connectivity index (χ1v) is 6.51. The predicted octanol–water partition coefficient (Wildman–Crippen LogP) is 4.63. The van der Waals surface area contributed by atoms with Crippen LogP contribution in [0.4, 0.5) is 5.69 Å². The maximum absolute atomic E-state index is 6.06. The van der Waals surface area contributed by atoms with Crippen molar-refractivity contribution in [2.75, 3.05) is 5.73 Å². The zero-order valence-electron chi connectivity index (χ0n) is 9.21. The Kier molecular flexibility index (Phi) is 3.79. The van der Waals surface area contributed by atoms with Gasteiger partial charge in [-0.2, -0.15) is 0 Å². The summed E-state index contributed by atoms with van der Waals surface area (Å²) in [5.74, 6) is 1.25. The van der Waals surface area contributed by atoms with Gasteiger partial charge in [-0.15, -0.1) is 0 Å². The van der Waals surface area contributed by atoms with Gasteiger partial charge in [-0.05, 0) is 65.4 Å². The summed E-state index contributed by atoms with van der Waals surface area (Å²) in [4.78, 5) is 0. The summed E-state index contributed by atoms with van der Waals surface area (Å²) in [5, 5.41) is 0.577. The highest BCUT2D eigenvalue weighted by atomic mass is 127. The molecule has 2 N–H and O–H groups in total. The fourth-order valence-corrected chi connectivity index (χ4v) is 2.09. The number of ether oxygens (including phenoxy) is 1. The second-order valence-corrected chi connectivity index (χ2v) is 5.37. The van der Waals surface area contributed by atoms with Crippen molar-refractivity contribution >= 4 is 39.9 Å². The maximum atomic E-state index is 6.06. The standard InChI is InChI=1S/C13H11ClINO/c1-8-2-4-10(14)13(6-8)17-12-5-3-9(15)7-11(12)16/h2-7H,16H2,1H3. The average molecular weight is 360 g/mol. The number of anilines is 1. The lowest BCUT2D eigenvalue weighted by molar-refractivity contribution is 0.485. The van der Waals surface area contributed by atoms with Crippen LogP contribution in [-0.2, 0) is 0 Å². The van der Waals surface area contributed by atoms with Crippen LogP contribution in [0.1, 0.15) is 5.56 Å². The van der Waals surface area contributed by atoms with Gasteiger partial charge in [-0.3, -0.25) is 0 Å². The second-order valence-electron chi connectivity index (χ2n) is 3.72. The number of nitrogens with two attached hydrogens (primary N) is 1. The molecule has 0 bridgehead atoms. The van der Waals surface area contributed by atoms with E-state index in [9.17, 15) is 0 Å². The van der Waals surface area contributed by atoms with E-state index in [2.05, 4.69) is 22.6 Å². The van der Waals surface area contributed by atoms with Crippen molar-refractivity contribution in [3.8, 4) is 11.5 Å². The van der Waals surface area contributed by atoms with Crippen LogP contribution in [0.2, 0.25) is 5.02 Å².